The number of hydrogen-bond donors (Lipinski definition) is 1. The Balaban J connectivity index is 1.46. The first-order chi connectivity index (χ1) is 9.15. The number of carbonyl (C=O) groups excluding carboxylic acids is 1. The summed E-state index contributed by atoms with van der Waals surface area (Å²) in [6, 6.07) is 5.97. The standard InChI is InChI=1S/C15H15ClINO/c16-10-6-9(3-4-11(10)17)15(19)18-14-12-7-1-2-8(5-7)13(12)14/h3-4,6-8,12-14H,1-2,5H2,(H,18,19). The fourth-order valence-electron chi connectivity index (χ4n) is 4.39. The van der Waals surface area contributed by atoms with Gasteiger partial charge in [-0.05, 0) is 83.7 Å². The van der Waals surface area contributed by atoms with E-state index in [9.17, 15) is 4.79 Å². The van der Waals surface area contributed by atoms with E-state index in [1.165, 1.54) is 19.3 Å². The number of halogens is 2. The Kier molecular flexibility index (Phi) is 2.85. The van der Waals surface area contributed by atoms with Crippen molar-refractivity contribution >= 4 is 40.1 Å². The SMILES string of the molecule is O=C(NC1C2C3CCC(C3)C12)c1ccc(I)c(Cl)c1. The van der Waals surface area contributed by atoms with Crippen molar-refractivity contribution in [2.45, 2.75) is 25.3 Å². The molecule has 4 atom stereocenters. The van der Waals surface area contributed by atoms with Gasteiger partial charge >= 0.3 is 0 Å². The van der Waals surface area contributed by atoms with Crippen LogP contribution >= 0.6 is 34.2 Å². The van der Waals surface area contributed by atoms with Crippen LogP contribution in [-0.4, -0.2) is 11.9 Å². The summed E-state index contributed by atoms with van der Waals surface area (Å²) in [7, 11) is 0. The Morgan fingerprint density at radius 1 is 1.26 bits per heavy atom. The third-order valence-electron chi connectivity index (χ3n) is 5.21. The first kappa shape index (κ1) is 12.5. The van der Waals surface area contributed by atoms with Crippen molar-refractivity contribution in [2.75, 3.05) is 0 Å². The number of benzene rings is 1. The van der Waals surface area contributed by atoms with Crippen molar-refractivity contribution in [1.82, 2.24) is 5.32 Å². The molecule has 2 nitrogen and oxygen atoms in total. The van der Waals surface area contributed by atoms with Gasteiger partial charge < -0.3 is 5.32 Å². The molecular weight excluding hydrogens is 373 g/mol. The molecule has 4 rings (SSSR count). The summed E-state index contributed by atoms with van der Waals surface area (Å²) in [6.45, 7) is 0. The minimum absolute atomic E-state index is 0.0390. The van der Waals surface area contributed by atoms with Gasteiger partial charge in [0.25, 0.3) is 5.91 Å². The molecule has 0 aromatic heterocycles. The van der Waals surface area contributed by atoms with Crippen LogP contribution < -0.4 is 5.32 Å². The van der Waals surface area contributed by atoms with Crippen LogP contribution in [0.3, 0.4) is 0 Å². The molecule has 0 spiro atoms. The lowest BCUT2D eigenvalue weighted by Crippen LogP contribution is -2.29. The molecule has 1 aromatic rings. The van der Waals surface area contributed by atoms with E-state index < -0.39 is 0 Å². The number of hydrogen-bond acceptors (Lipinski definition) is 1. The Morgan fingerprint density at radius 3 is 2.58 bits per heavy atom. The molecule has 100 valence electrons. The van der Waals surface area contributed by atoms with Gasteiger partial charge in [-0.2, -0.15) is 0 Å². The normalized spacial score (nSPS) is 38.1. The lowest BCUT2D eigenvalue weighted by Gasteiger charge is -2.11. The van der Waals surface area contributed by atoms with E-state index in [-0.39, 0.29) is 5.91 Å². The minimum atomic E-state index is 0.0390. The molecule has 2 bridgehead atoms. The predicted molar refractivity (Wildman–Crippen MR) is 83.2 cm³/mol. The molecule has 0 saturated heterocycles. The number of carbonyl (C=O) groups is 1. The Morgan fingerprint density at radius 2 is 1.95 bits per heavy atom. The van der Waals surface area contributed by atoms with Crippen molar-refractivity contribution < 1.29 is 4.79 Å². The molecule has 3 saturated carbocycles. The highest BCUT2D eigenvalue weighted by Gasteiger charge is 2.65. The highest BCUT2D eigenvalue weighted by atomic mass is 127. The number of nitrogens with one attached hydrogen (secondary N) is 1. The fraction of sp³-hybridized carbons (Fsp3) is 0.533. The van der Waals surface area contributed by atoms with E-state index in [4.69, 9.17) is 11.6 Å². The maximum absolute atomic E-state index is 12.3. The van der Waals surface area contributed by atoms with Gasteiger partial charge in [-0.15, -0.1) is 0 Å². The average molecular weight is 388 g/mol. The molecule has 0 aliphatic heterocycles. The molecule has 0 heterocycles. The highest BCUT2D eigenvalue weighted by Crippen LogP contribution is 2.65. The largest absolute Gasteiger partial charge is 0.349 e. The summed E-state index contributed by atoms with van der Waals surface area (Å²) in [5, 5.41) is 3.88. The smallest absolute Gasteiger partial charge is 0.251 e. The van der Waals surface area contributed by atoms with E-state index in [0.717, 1.165) is 27.2 Å². The van der Waals surface area contributed by atoms with E-state index in [2.05, 4.69) is 27.9 Å². The van der Waals surface area contributed by atoms with Crippen molar-refractivity contribution in [1.29, 1.82) is 0 Å². The first-order valence-electron chi connectivity index (χ1n) is 6.91. The number of rotatable bonds is 2. The maximum atomic E-state index is 12.3. The Labute approximate surface area is 131 Å². The minimum Gasteiger partial charge on any atom is -0.349 e. The fourth-order valence-corrected chi connectivity index (χ4v) is 4.91. The van der Waals surface area contributed by atoms with E-state index in [1.807, 2.05) is 12.1 Å². The van der Waals surface area contributed by atoms with Crippen LogP contribution in [0.15, 0.2) is 18.2 Å². The van der Waals surface area contributed by atoms with Gasteiger partial charge in [0.15, 0.2) is 0 Å². The molecule has 1 N–H and O–H groups in total. The lowest BCUT2D eigenvalue weighted by molar-refractivity contribution is 0.0944. The maximum Gasteiger partial charge on any atom is 0.251 e. The molecule has 3 aliphatic rings. The molecule has 1 aromatic carbocycles. The molecule has 3 fully saturated rings. The summed E-state index contributed by atoms with van der Waals surface area (Å²) < 4.78 is 0.983. The molecule has 4 heteroatoms. The van der Waals surface area contributed by atoms with Gasteiger partial charge in [0.1, 0.15) is 0 Å². The third kappa shape index (κ3) is 1.92. The van der Waals surface area contributed by atoms with Gasteiger partial charge in [0.05, 0.1) is 5.02 Å². The van der Waals surface area contributed by atoms with Crippen LogP contribution in [0.25, 0.3) is 0 Å². The Hall–Kier alpha value is -0.290. The summed E-state index contributed by atoms with van der Waals surface area (Å²) in [5.41, 5.74) is 0.683. The monoisotopic (exact) mass is 387 g/mol. The summed E-state index contributed by atoms with van der Waals surface area (Å²) in [6.07, 6.45) is 4.18. The lowest BCUT2D eigenvalue weighted by atomic mass is 10.0. The zero-order chi connectivity index (χ0) is 13.1. The highest BCUT2D eigenvalue weighted by molar-refractivity contribution is 14.1. The second-order valence-electron chi connectivity index (χ2n) is 6.12. The predicted octanol–water partition coefficient (Wildman–Crippen LogP) is 3.72. The number of fused-ring (bicyclic) bond motifs is 5. The second-order valence-corrected chi connectivity index (χ2v) is 7.69. The van der Waals surface area contributed by atoms with Gasteiger partial charge in [0, 0.05) is 15.2 Å². The van der Waals surface area contributed by atoms with Crippen LogP contribution in [0, 0.1) is 27.2 Å². The van der Waals surface area contributed by atoms with E-state index >= 15 is 0 Å². The summed E-state index contributed by atoms with van der Waals surface area (Å²) in [5.74, 6) is 3.38. The molecular formula is C15H15ClINO. The van der Waals surface area contributed by atoms with Gasteiger partial charge in [0.2, 0.25) is 0 Å². The van der Waals surface area contributed by atoms with Crippen LogP contribution in [0.2, 0.25) is 5.02 Å². The summed E-state index contributed by atoms with van der Waals surface area (Å²) >= 11 is 8.25. The van der Waals surface area contributed by atoms with Crippen molar-refractivity contribution in [2.24, 2.45) is 23.7 Å². The quantitative estimate of drug-likeness (QED) is 0.770. The van der Waals surface area contributed by atoms with Crippen molar-refractivity contribution in [3.05, 3.63) is 32.4 Å². The molecule has 0 radical (unpaired) electrons. The summed E-state index contributed by atoms with van der Waals surface area (Å²) in [4.78, 5) is 12.3. The van der Waals surface area contributed by atoms with Gasteiger partial charge in [-0.25, -0.2) is 0 Å². The van der Waals surface area contributed by atoms with Gasteiger partial charge in [-0.3, -0.25) is 4.79 Å². The van der Waals surface area contributed by atoms with Crippen LogP contribution in [0.1, 0.15) is 29.6 Å². The molecule has 19 heavy (non-hydrogen) atoms. The molecule has 1 amide bonds. The second kappa shape index (κ2) is 4.35. The average Bonchev–Trinajstić information content (AvgIpc) is 2.81. The van der Waals surface area contributed by atoms with Crippen molar-refractivity contribution in [3.63, 3.8) is 0 Å². The Bertz CT molecular complexity index is 545. The van der Waals surface area contributed by atoms with Crippen LogP contribution in [0.5, 0.6) is 0 Å². The van der Waals surface area contributed by atoms with E-state index in [0.29, 0.717) is 16.6 Å². The first-order valence-corrected chi connectivity index (χ1v) is 8.37. The zero-order valence-corrected chi connectivity index (χ0v) is 13.3. The third-order valence-corrected chi connectivity index (χ3v) is 6.79. The molecule has 4 unspecified atom stereocenters. The number of amides is 1. The van der Waals surface area contributed by atoms with Crippen LogP contribution in [-0.2, 0) is 0 Å². The zero-order valence-electron chi connectivity index (χ0n) is 10.4. The van der Waals surface area contributed by atoms with Gasteiger partial charge in [-0.1, -0.05) is 11.6 Å². The van der Waals surface area contributed by atoms with Crippen molar-refractivity contribution in [3.8, 4) is 0 Å². The molecule has 3 aliphatic carbocycles. The van der Waals surface area contributed by atoms with E-state index in [1.54, 1.807) is 6.07 Å². The van der Waals surface area contributed by atoms with Crippen LogP contribution in [0.4, 0.5) is 0 Å². The topological polar surface area (TPSA) is 29.1 Å².